The van der Waals surface area contributed by atoms with Crippen LogP contribution in [0.2, 0.25) is 0 Å². The predicted molar refractivity (Wildman–Crippen MR) is 120 cm³/mol. The number of nitro groups is 1. The molecular weight excluding hydrogens is 422 g/mol. The molecule has 2 rings (SSSR count). The zero-order chi connectivity index (χ0) is 23.2. The Bertz CT molecular complexity index is 876. The molecule has 1 aromatic carbocycles. The van der Waals surface area contributed by atoms with Gasteiger partial charge < -0.3 is 9.80 Å². The van der Waals surface area contributed by atoms with Crippen molar-refractivity contribution in [2.45, 2.75) is 32.6 Å². The first-order valence-corrected chi connectivity index (χ1v) is 12.2. The average molecular weight is 456 g/mol. The molecule has 0 radical (unpaired) electrons. The van der Waals surface area contributed by atoms with Crippen molar-refractivity contribution in [3.8, 4) is 0 Å². The highest BCUT2D eigenvalue weighted by molar-refractivity contribution is 7.89. The first-order valence-electron chi connectivity index (χ1n) is 10.7. The molecule has 10 nitrogen and oxygen atoms in total. The van der Waals surface area contributed by atoms with Crippen LogP contribution in [0.5, 0.6) is 0 Å². The molecule has 0 bridgehead atoms. The molecular formula is C20H33N5O5S. The van der Waals surface area contributed by atoms with E-state index in [1.54, 1.807) is 18.7 Å². The van der Waals surface area contributed by atoms with Crippen LogP contribution in [0.25, 0.3) is 0 Å². The van der Waals surface area contributed by atoms with E-state index in [4.69, 9.17) is 0 Å². The fourth-order valence-corrected chi connectivity index (χ4v) is 5.28. The molecule has 31 heavy (non-hydrogen) atoms. The molecule has 0 unspecified atom stereocenters. The van der Waals surface area contributed by atoms with Gasteiger partial charge in [0.05, 0.1) is 16.4 Å². The van der Waals surface area contributed by atoms with Crippen LogP contribution in [-0.4, -0.2) is 92.3 Å². The Labute approximate surface area is 184 Å². The van der Waals surface area contributed by atoms with E-state index >= 15 is 0 Å². The lowest BCUT2D eigenvalue weighted by molar-refractivity contribution is -0.384. The second-order valence-corrected chi connectivity index (χ2v) is 9.26. The van der Waals surface area contributed by atoms with E-state index in [0.29, 0.717) is 64.6 Å². The third kappa shape index (κ3) is 5.72. The summed E-state index contributed by atoms with van der Waals surface area (Å²) in [5.41, 5.74) is 0.180. The zero-order valence-corrected chi connectivity index (χ0v) is 19.6. The quantitative estimate of drug-likeness (QED) is 0.390. The first-order chi connectivity index (χ1) is 14.7. The van der Waals surface area contributed by atoms with Crippen LogP contribution in [0, 0.1) is 10.1 Å². The van der Waals surface area contributed by atoms with Gasteiger partial charge in [-0.05, 0) is 26.0 Å². The minimum atomic E-state index is -3.78. The van der Waals surface area contributed by atoms with Gasteiger partial charge in [-0.2, -0.15) is 4.31 Å². The number of nitro benzene ring substituents is 1. The molecule has 11 heteroatoms. The molecule has 174 valence electrons. The van der Waals surface area contributed by atoms with Gasteiger partial charge in [0.2, 0.25) is 15.9 Å². The number of rotatable bonds is 10. The monoisotopic (exact) mass is 455 g/mol. The van der Waals surface area contributed by atoms with Gasteiger partial charge in [-0.3, -0.25) is 19.8 Å². The molecule has 0 saturated carbocycles. The summed E-state index contributed by atoms with van der Waals surface area (Å²) in [5, 5.41) is 11.7. The standard InChI is InChI=1S/C20H33N5O5S/c1-5-22(6-2)20(26)16-21-11-13-23(14-12-21)18-10-9-17(15-19(18)25(27)28)31(29,30)24(7-3)8-4/h9-10,15H,5-8,11-14,16H2,1-4H3. The largest absolute Gasteiger partial charge is 0.363 e. The van der Waals surface area contributed by atoms with Crippen molar-refractivity contribution in [1.82, 2.24) is 14.1 Å². The Hall–Kier alpha value is -2.24. The van der Waals surface area contributed by atoms with Crippen molar-refractivity contribution < 1.29 is 18.1 Å². The minimum Gasteiger partial charge on any atom is -0.363 e. The average Bonchev–Trinajstić information content (AvgIpc) is 2.75. The van der Waals surface area contributed by atoms with Crippen LogP contribution in [0.15, 0.2) is 23.1 Å². The molecule has 0 aromatic heterocycles. The van der Waals surface area contributed by atoms with Crippen LogP contribution in [0.1, 0.15) is 27.7 Å². The van der Waals surface area contributed by atoms with Crippen LogP contribution >= 0.6 is 0 Å². The Kier molecular flexibility index (Phi) is 8.78. The van der Waals surface area contributed by atoms with Crippen molar-refractivity contribution in [3.63, 3.8) is 0 Å². The first kappa shape index (κ1) is 25.0. The fourth-order valence-electron chi connectivity index (χ4n) is 3.80. The summed E-state index contributed by atoms with van der Waals surface area (Å²) in [6, 6.07) is 4.11. The van der Waals surface area contributed by atoms with Crippen LogP contribution in [-0.2, 0) is 14.8 Å². The molecule has 1 saturated heterocycles. The van der Waals surface area contributed by atoms with Crippen molar-refractivity contribution in [1.29, 1.82) is 0 Å². The van der Waals surface area contributed by atoms with Gasteiger partial charge in [0.15, 0.2) is 0 Å². The lowest BCUT2D eigenvalue weighted by Crippen LogP contribution is -2.50. The number of hydrogen-bond acceptors (Lipinski definition) is 7. The van der Waals surface area contributed by atoms with E-state index in [2.05, 4.69) is 0 Å². The summed E-state index contributed by atoms with van der Waals surface area (Å²) in [6.07, 6.45) is 0. The molecule has 1 aromatic rings. The van der Waals surface area contributed by atoms with E-state index in [0.717, 1.165) is 6.07 Å². The lowest BCUT2D eigenvalue weighted by atomic mass is 10.2. The lowest BCUT2D eigenvalue weighted by Gasteiger charge is -2.36. The molecule has 1 aliphatic rings. The highest BCUT2D eigenvalue weighted by Crippen LogP contribution is 2.32. The highest BCUT2D eigenvalue weighted by Gasteiger charge is 2.29. The van der Waals surface area contributed by atoms with Crippen molar-refractivity contribution in [2.24, 2.45) is 0 Å². The minimum absolute atomic E-state index is 0.0740. The van der Waals surface area contributed by atoms with E-state index in [1.807, 2.05) is 23.6 Å². The zero-order valence-electron chi connectivity index (χ0n) is 18.8. The Morgan fingerprint density at radius 2 is 1.61 bits per heavy atom. The van der Waals surface area contributed by atoms with E-state index in [1.165, 1.54) is 16.4 Å². The number of benzene rings is 1. The van der Waals surface area contributed by atoms with Gasteiger partial charge in [0, 0.05) is 58.4 Å². The van der Waals surface area contributed by atoms with E-state index < -0.39 is 14.9 Å². The fraction of sp³-hybridized carbons (Fsp3) is 0.650. The van der Waals surface area contributed by atoms with Gasteiger partial charge in [0.1, 0.15) is 5.69 Å². The molecule has 1 fully saturated rings. The van der Waals surface area contributed by atoms with Gasteiger partial charge in [-0.1, -0.05) is 13.8 Å². The summed E-state index contributed by atoms with van der Waals surface area (Å²) >= 11 is 0. The van der Waals surface area contributed by atoms with Crippen LogP contribution in [0.3, 0.4) is 0 Å². The SMILES string of the molecule is CCN(CC)C(=O)CN1CCN(c2ccc(S(=O)(=O)N(CC)CC)cc2[N+](=O)[O-])CC1. The second kappa shape index (κ2) is 10.9. The maximum absolute atomic E-state index is 12.8. The summed E-state index contributed by atoms with van der Waals surface area (Å²) in [5.74, 6) is 0.0791. The normalized spacial score (nSPS) is 15.3. The number of anilines is 1. The van der Waals surface area contributed by atoms with E-state index in [-0.39, 0.29) is 16.5 Å². The van der Waals surface area contributed by atoms with Gasteiger partial charge in [-0.25, -0.2) is 8.42 Å². The molecule has 0 spiro atoms. The number of amides is 1. The third-order valence-corrected chi connectivity index (χ3v) is 7.72. The topological polar surface area (TPSA) is 107 Å². The Balaban J connectivity index is 2.17. The van der Waals surface area contributed by atoms with Gasteiger partial charge in [-0.15, -0.1) is 0 Å². The van der Waals surface area contributed by atoms with E-state index in [9.17, 15) is 23.3 Å². The number of nitrogens with zero attached hydrogens (tertiary/aromatic N) is 5. The van der Waals surface area contributed by atoms with Gasteiger partial charge >= 0.3 is 0 Å². The summed E-state index contributed by atoms with van der Waals surface area (Å²) < 4.78 is 26.8. The molecule has 1 aliphatic heterocycles. The highest BCUT2D eigenvalue weighted by atomic mass is 32.2. The number of carbonyl (C=O) groups is 1. The molecule has 1 heterocycles. The summed E-state index contributed by atoms with van der Waals surface area (Å²) in [7, 11) is -3.78. The predicted octanol–water partition coefficient (Wildman–Crippen LogP) is 1.62. The Morgan fingerprint density at radius 1 is 1.03 bits per heavy atom. The van der Waals surface area contributed by atoms with Crippen LogP contribution in [0.4, 0.5) is 11.4 Å². The Morgan fingerprint density at radius 3 is 2.10 bits per heavy atom. The molecule has 0 aliphatic carbocycles. The molecule has 0 atom stereocenters. The molecule has 1 amide bonds. The number of likely N-dealkylation sites (N-methyl/N-ethyl adjacent to an activating group) is 1. The van der Waals surface area contributed by atoms with Gasteiger partial charge in [0.25, 0.3) is 5.69 Å². The number of carbonyl (C=O) groups excluding carboxylic acids is 1. The second-order valence-electron chi connectivity index (χ2n) is 7.33. The van der Waals surface area contributed by atoms with Crippen LogP contribution < -0.4 is 4.90 Å². The third-order valence-electron chi connectivity index (χ3n) is 5.67. The maximum Gasteiger partial charge on any atom is 0.293 e. The molecule has 0 N–H and O–H groups in total. The maximum atomic E-state index is 12.8. The number of hydrogen-bond donors (Lipinski definition) is 0. The van der Waals surface area contributed by atoms with Crippen molar-refractivity contribution in [3.05, 3.63) is 28.3 Å². The summed E-state index contributed by atoms with van der Waals surface area (Å²) in [6.45, 7) is 11.9. The summed E-state index contributed by atoms with van der Waals surface area (Å²) in [4.78, 5) is 29.1. The smallest absolute Gasteiger partial charge is 0.293 e. The number of sulfonamides is 1. The number of piperazine rings is 1. The van der Waals surface area contributed by atoms with Crippen molar-refractivity contribution in [2.75, 3.05) is 63.8 Å². The van der Waals surface area contributed by atoms with Crippen molar-refractivity contribution >= 4 is 27.3 Å².